The molecular formula is C17H23NO3. The van der Waals surface area contributed by atoms with Gasteiger partial charge in [0.1, 0.15) is 5.75 Å². The van der Waals surface area contributed by atoms with E-state index in [9.17, 15) is 9.59 Å². The molecule has 0 spiro atoms. The maximum Gasteiger partial charge on any atom is 0.260 e. The lowest BCUT2D eigenvalue weighted by Crippen LogP contribution is -2.42. The summed E-state index contributed by atoms with van der Waals surface area (Å²) in [5.41, 5.74) is 1.67. The molecule has 21 heavy (non-hydrogen) atoms. The number of carbonyl (C=O) groups is 2. The minimum atomic E-state index is -0.562. The van der Waals surface area contributed by atoms with E-state index in [1.54, 1.807) is 6.92 Å². The Balaban J connectivity index is 2.05. The molecule has 0 saturated carbocycles. The average Bonchev–Trinajstić information content (AvgIpc) is 2.87. The number of fused-ring (bicyclic) bond motifs is 1. The Morgan fingerprint density at radius 2 is 2.00 bits per heavy atom. The molecule has 1 aliphatic carbocycles. The zero-order chi connectivity index (χ0) is 15.4. The van der Waals surface area contributed by atoms with Crippen LogP contribution in [0, 0.1) is 0 Å². The first-order chi connectivity index (χ1) is 10.1. The van der Waals surface area contributed by atoms with Crippen molar-refractivity contribution in [3.63, 3.8) is 0 Å². The molecule has 0 aromatic heterocycles. The Morgan fingerprint density at radius 3 is 2.67 bits per heavy atom. The van der Waals surface area contributed by atoms with Gasteiger partial charge in [-0.2, -0.15) is 0 Å². The third kappa shape index (κ3) is 3.43. The van der Waals surface area contributed by atoms with E-state index in [0.717, 1.165) is 24.0 Å². The highest BCUT2D eigenvalue weighted by Crippen LogP contribution is 2.31. The quantitative estimate of drug-likeness (QED) is 0.876. The van der Waals surface area contributed by atoms with Gasteiger partial charge in [0.25, 0.3) is 5.91 Å². The van der Waals surface area contributed by atoms with Gasteiger partial charge >= 0.3 is 0 Å². The van der Waals surface area contributed by atoms with Crippen LogP contribution in [0.4, 0.5) is 0 Å². The van der Waals surface area contributed by atoms with Crippen molar-refractivity contribution in [2.24, 2.45) is 0 Å². The second kappa shape index (κ2) is 6.74. The van der Waals surface area contributed by atoms with E-state index < -0.39 is 6.10 Å². The lowest BCUT2D eigenvalue weighted by Gasteiger charge is -2.20. The molecule has 1 amide bonds. The topological polar surface area (TPSA) is 55.4 Å². The van der Waals surface area contributed by atoms with E-state index in [2.05, 4.69) is 19.2 Å². The number of Topliss-reactive ketones (excluding diaryl/α,β-unsaturated/α-hetero) is 1. The van der Waals surface area contributed by atoms with Gasteiger partial charge in [0, 0.05) is 23.6 Å². The summed E-state index contributed by atoms with van der Waals surface area (Å²) in [6.45, 7) is 5.85. The predicted molar refractivity (Wildman–Crippen MR) is 81.7 cm³/mol. The number of carbonyl (C=O) groups excluding carboxylic acids is 2. The monoisotopic (exact) mass is 289 g/mol. The van der Waals surface area contributed by atoms with Gasteiger partial charge in [-0.25, -0.2) is 0 Å². The molecule has 1 aromatic rings. The first-order valence-electron chi connectivity index (χ1n) is 7.68. The molecule has 4 nitrogen and oxygen atoms in total. The van der Waals surface area contributed by atoms with E-state index >= 15 is 0 Å². The van der Waals surface area contributed by atoms with Crippen molar-refractivity contribution in [1.29, 1.82) is 0 Å². The van der Waals surface area contributed by atoms with Crippen LogP contribution in [0.1, 0.15) is 56.0 Å². The van der Waals surface area contributed by atoms with Crippen LogP contribution in [0.25, 0.3) is 0 Å². The van der Waals surface area contributed by atoms with Gasteiger partial charge in [-0.1, -0.05) is 26.0 Å². The van der Waals surface area contributed by atoms with E-state index in [4.69, 9.17) is 4.74 Å². The molecule has 0 bridgehead atoms. The third-order valence-corrected chi connectivity index (χ3v) is 4.04. The van der Waals surface area contributed by atoms with Crippen LogP contribution < -0.4 is 10.1 Å². The van der Waals surface area contributed by atoms with Crippen molar-refractivity contribution in [3.05, 3.63) is 29.3 Å². The smallest absolute Gasteiger partial charge is 0.260 e. The number of benzene rings is 1. The van der Waals surface area contributed by atoms with Gasteiger partial charge in [-0.3, -0.25) is 9.59 Å². The van der Waals surface area contributed by atoms with Crippen molar-refractivity contribution in [2.45, 2.75) is 58.6 Å². The molecule has 4 heteroatoms. The molecular weight excluding hydrogens is 266 g/mol. The van der Waals surface area contributed by atoms with Crippen molar-refractivity contribution in [2.75, 3.05) is 0 Å². The molecule has 0 aliphatic heterocycles. The van der Waals surface area contributed by atoms with Gasteiger partial charge in [-0.05, 0) is 32.3 Å². The van der Waals surface area contributed by atoms with Crippen molar-refractivity contribution < 1.29 is 14.3 Å². The standard InChI is InChI=1S/C17H23NO3/c1-4-12(5-2)18-17(20)11(3)21-16-8-6-7-13-14(16)9-10-15(13)19/h6-8,11-12H,4-5,9-10H2,1-3H3,(H,18,20). The van der Waals surface area contributed by atoms with Crippen LogP contribution in [0.3, 0.4) is 0 Å². The van der Waals surface area contributed by atoms with E-state index in [1.807, 2.05) is 18.2 Å². The normalized spacial score (nSPS) is 15.0. The Morgan fingerprint density at radius 1 is 1.29 bits per heavy atom. The fourth-order valence-corrected chi connectivity index (χ4v) is 2.62. The maximum atomic E-state index is 12.1. The van der Waals surface area contributed by atoms with E-state index in [0.29, 0.717) is 18.6 Å². The largest absolute Gasteiger partial charge is 0.481 e. The van der Waals surface area contributed by atoms with Crippen LogP contribution in [0.2, 0.25) is 0 Å². The third-order valence-electron chi connectivity index (χ3n) is 4.04. The van der Waals surface area contributed by atoms with Gasteiger partial charge < -0.3 is 10.1 Å². The summed E-state index contributed by atoms with van der Waals surface area (Å²) in [6.07, 6.45) is 2.48. The Bertz CT molecular complexity index is 535. The molecule has 114 valence electrons. The van der Waals surface area contributed by atoms with Gasteiger partial charge in [-0.15, -0.1) is 0 Å². The maximum absolute atomic E-state index is 12.1. The van der Waals surface area contributed by atoms with Gasteiger partial charge in [0.05, 0.1) is 0 Å². The molecule has 1 atom stereocenters. The molecule has 1 aromatic carbocycles. The summed E-state index contributed by atoms with van der Waals surface area (Å²) in [6, 6.07) is 5.65. The number of rotatable bonds is 6. The molecule has 1 aliphatic rings. The predicted octanol–water partition coefficient (Wildman–Crippen LogP) is 2.89. The highest BCUT2D eigenvalue weighted by atomic mass is 16.5. The van der Waals surface area contributed by atoms with Crippen LogP contribution in [0.15, 0.2) is 18.2 Å². The number of ether oxygens (including phenoxy) is 1. The molecule has 0 saturated heterocycles. The molecule has 2 rings (SSSR count). The summed E-state index contributed by atoms with van der Waals surface area (Å²) in [4.78, 5) is 23.9. The van der Waals surface area contributed by atoms with Crippen LogP contribution in [0.5, 0.6) is 5.75 Å². The molecule has 1 unspecified atom stereocenters. The number of hydrogen-bond donors (Lipinski definition) is 1. The lowest BCUT2D eigenvalue weighted by molar-refractivity contribution is -0.128. The average molecular weight is 289 g/mol. The Kier molecular flexibility index (Phi) is 4.99. The fourth-order valence-electron chi connectivity index (χ4n) is 2.62. The molecule has 0 heterocycles. The van der Waals surface area contributed by atoms with Crippen LogP contribution in [-0.2, 0) is 11.2 Å². The summed E-state index contributed by atoms with van der Waals surface area (Å²) < 4.78 is 5.79. The first-order valence-corrected chi connectivity index (χ1v) is 7.68. The van der Waals surface area contributed by atoms with Gasteiger partial charge in [0.15, 0.2) is 11.9 Å². The summed E-state index contributed by atoms with van der Waals surface area (Å²) in [7, 11) is 0. The van der Waals surface area contributed by atoms with Crippen molar-refractivity contribution >= 4 is 11.7 Å². The second-order valence-corrected chi connectivity index (χ2v) is 5.49. The first kappa shape index (κ1) is 15.5. The number of nitrogens with one attached hydrogen (secondary N) is 1. The SMILES string of the molecule is CCC(CC)NC(=O)C(C)Oc1cccc2c1CCC2=O. The zero-order valence-corrected chi connectivity index (χ0v) is 12.9. The zero-order valence-electron chi connectivity index (χ0n) is 12.9. The van der Waals surface area contributed by atoms with Crippen LogP contribution in [-0.4, -0.2) is 23.8 Å². The molecule has 1 N–H and O–H groups in total. The number of hydrogen-bond acceptors (Lipinski definition) is 3. The molecule has 0 fully saturated rings. The molecule has 0 radical (unpaired) electrons. The van der Waals surface area contributed by atoms with Gasteiger partial charge in [0.2, 0.25) is 0 Å². The van der Waals surface area contributed by atoms with Crippen molar-refractivity contribution in [3.8, 4) is 5.75 Å². The minimum absolute atomic E-state index is 0.106. The number of ketones is 1. The highest BCUT2D eigenvalue weighted by molar-refractivity contribution is 6.01. The Hall–Kier alpha value is -1.84. The Labute approximate surface area is 125 Å². The second-order valence-electron chi connectivity index (χ2n) is 5.49. The fraction of sp³-hybridized carbons (Fsp3) is 0.529. The highest BCUT2D eigenvalue weighted by Gasteiger charge is 2.25. The van der Waals surface area contributed by atoms with E-state index in [1.165, 1.54) is 0 Å². The summed E-state index contributed by atoms with van der Waals surface area (Å²) >= 11 is 0. The minimum Gasteiger partial charge on any atom is -0.481 e. The van der Waals surface area contributed by atoms with Crippen molar-refractivity contribution in [1.82, 2.24) is 5.32 Å². The lowest BCUT2D eigenvalue weighted by atomic mass is 10.1. The summed E-state index contributed by atoms with van der Waals surface area (Å²) in [5, 5.41) is 2.98. The van der Waals surface area contributed by atoms with E-state index in [-0.39, 0.29) is 17.7 Å². The van der Waals surface area contributed by atoms with Crippen LogP contribution >= 0.6 is 0 Å². The number of amides is 1. The summed E-state index contributed by atoms with van der Waals surface area (Å²) in [5.74, 6) is 0.709.